The topological polar surface area (TPSA) is 125 Å². The number of carbonyl (C=O) groups is 1. The molecule has 0 aliphatic rings. The van der Waals surface area contributed by atoms with Gasteiger partial charge < -0.3 is 15.7 Å². The number of nitrogens with one attached hydrogen (secondary N) is 3. The lowest BCUT2D eigenvalue weighted by Gasteiger charge is -2.30. The number of carbonyl (C=O) groups excluding carboxylic acids is 1. The standard InChI is InChI=1S/C10H8BrF6N3O5/c11-8(9(12,13)14,10(15,16)17)7(21)18-5-2-1-4(19(22)23)3-6(5)20(24)25/h1-3,19-20,22,24H,(H,18,21). The summed E-state index contributed by atoms with van der Waals surface area (Å²) in [5, 5.41) is 37.1. The van der Waals surface area contributed by atoms with Crippen molar-refractivity contribution in [1.82, 2.24) is 0 Å². The predicted molar refractivity (Wildman–Crippen MR) is 70.4 cm³/mol. The molecule has 5 N–H and O–H groups in total. The molecule has 1 amide bonds. The molecule has 1 aromatic rings. The van der Waals surface area contributed by atoms with E-state index >= 15 is 0 Å². The number of amides is 1. The van der Waals surface area contributed by atoms with Crippen LogP contribution in [-0.2, 0) is 4.79 Å². The molecule has 0 bridgehead atoms. The number of anilines is 1. The summed E-state index contributed by atoms with van der Waals surface area (Å²) in [7, 11) is 0. The molecule has 0 aliphatic carbocycles. The zero-order valence-electron chi connectivity index (χ0n) is 11.5. The lowest BCUT2D eigenvalue weighted by Crippen LogP contribution is -3.00. The number of benzene rings is 1. The van der Waals surface area contributed by atoms with E-state index in [-0.39, 0.29) is 0 Å². The molecule has 2 unspecified atom stereocenters. The van der Waals surface area contributed by atoms with Gasteiger partial charge in [0.1, 0.15) is 5.69 Å². The van der Waals surface area contributed by atoms with Crippen molar-refractivity contribution in [3.8, 4) is 0 Å². The van der Waals surface area contributed by atoms with Crippen LogP contribution in [0.5, 0.6) is 0 Å². The van der Waals surface area contributed by atoms with E-state index in [2.05, 4.69) is 0 Å². The van der Waals surface area contributed by atoms with Gasteiger partial charge in [-0.3, -0.25) is 4.79 Å². The van der Waals surface area contributed by atoms with Crippen LogP contribution in [0.25, 0.3) is 0 Å². The summed E-state index contributed by atoms with van der Waals surface area (Å²) in [6.45, 7) is 0. The summed E-state index contributed by atoms with van der Waals surface area (Å²) >= 11 is 1.35. The summed E-state index contributed by atoms with van der Waals surface area (Å²) in [5.41, 5.74) is -2.56. The van der Waals surface area contributed by atoms with Crippen molar-refractivity contribution in [2.45, 2.75) is 16.7 Å². The fourth-order valence-electron chi connectivity index (χ4n) is 1.59. The molecular formula is C10H8BrF6N3O5. The van der Waals surface area contributed by atoms with Gasteiger partial charge >= 0.3 is 12.4 Å². The number of rotatable bonds is 4. The Morgan fingerprint density at radius 3 is 1.88 bits per heavy atom. The molecular weight excluding hydrogens is 436 g/mol. The average Bonchev–Trinajstić information content (AvgIpc) is 2.43. The Morgan fingerprint density at radius 2 is 1.52 bits per heavy atom. The Labute approximate surface area is 142 Å². The first-order chi connectivity index (χ1) is 11.1. The highest BCUT2D eigenvalue weighted by Crippen LogP contribution is 2.50. The molecule has 0 spiro atoms. The molecule has 0 aromatic heterocycles. The maximum Gasteiger partial charge on any atom is 0.421 e. The molecule has 2 atom stereocenters. The number of halogens is 7. The fraction of sp³-hybridized carbons (Fsp3) is 0.300. The van der Waals surface area contributed by atoms with Gasteiger partial charge in [-0.25, -0.2) is 10.4 Å². The molecule has 0 saturated heterocycles. The van der Waals surface area contributed by atoms with Crippen LogP contribution in [0.4, 0.5) is 43.4 Å². The normalized spacial score (nSPS) is 15.6. The van der Waals surface area contributed by atoms with Crippen molar-refractivity contribution in [2.75, 3.05) is 5.32 Å². The number of hydrogen-bond donors (Lipinski definition) is 5. The van der Waals surface area contributed by atoms with E-state index in [1.165, 1.54) is 21.2 Å². The van der Waals surface area contributed by atoms with Crippen LogP contribution >= 0.6 is 15.9 Å². The maximum absolute atomic E-state index is 12.8. The van der Waals surface area contributed by atoms with Crippen molar-refractivity contribution in [3.63, 3.8) is 0 Å². The van der Waals surface area contributed by atoms with Gasteiger partial charge in [0.2, 0.25) is 0 Å². The van der Waals surface area contributed by atoms with E-state index < -0.39 is 50.1 Å². The first kappa shape index (κ1) is 21.6. The van der Waals surface area contributed by atoms with Gasteiger partial charge in [-0.2, -0.15) is 36.8 Å². The third-order valence-corrected chi connectivity index (χ3v) is 4.10. The van der Waals surface area contributed by atoms with E-state index in [9.17, 15) is 41.6 Å². The van der Waals surface area contributed by atoms with E-state index in [1.54, 1.807) is 0 Å². The predicted octanol–water partition coefficient (Wildman–Crippen LogP) is 0.690. The summed E-state index contributed by atoms with van der Waals surface area (Å²) in [6, 6.07) is 1.73. The highest BCUT2D eigenvalue weighted by atomic mass is 79.9. The first-order valence-corrected chi connectivity index (χ1v) is 6.66. The summed E-state index contributed by atoms with van der Waals surface area (Å²) in [4.78, 5) is 11.6. The summed E-state index contributed by atoms with van der Waals surface area (Å²) in [6.07, 6.45) is -12.2. The second kappa shape index (κ2) is 7.02. The summed E-state index contributed by atoms with van der Waals surface area (Å²) < 4.78 is 71.6. The zero-order chi connectivity index (χ0) is 19.8. The van der Waals surface area contributed by atoms with Crippen molar-refractivity contribution in [1.29, 1.82) is 0 Å². The molecule has 1 aromatic carbocycles. The molecule has 0 heterocycles. The molecule has 0 saturated carbocycles. The molecule has 8 nitrogen and oxygen atoms in total. The molecule has 0 radical (unpaired) electrons. The smallest absolute Gasteiger partial charge is 0.421 e. The second-order valence-electron chi connectivity index (χ2n) is 4.48. The van der Waals surface area contributed by atoms with Crippen LogP contribution in [0.2, 0.25) is 0 Å². The van der Waals surface area contributed by atoms with Crippen LogP contribution in [0, 0.1) is 10.4 Å². The molecule has 15 heteroatoms. The van der Waals surface area contributed by atoms with Gasteiger partial charge in [0.25, 0.3) is 10.2 Å². The Bertz CT molecular complexity index is 637. The Hall–Kier alpha value is -1.49. The molecule has 0 fully saturated rings. The minimum Gasteiger partial charge on any atom is -0.595 e. The van der Waals surface area contributed by atoms with E-state index in [1.807, 2.05) is 0 Å². The lowest BCUT2D eigenvalue weighted by atomic mass is 10.1. The number of alkyl halides is 7. The third kappa shape index (κ3) is 4.20. The van der Waals surface area contributed by atoms with Crippen molar-refractivity contribution in [2.24, 2.45) is 0 Å². The number of quaternary nitrogens is 2. The third-order valence-electron chi connectivity index (χ3n) is 2.84. The Kier molecular flexibility index (Phi) is 6.05. The minimum atomic E-state index is -6.10. The van der Waals surface area contributed by atoms with Gasteiger partial charge in [0.05, 0.1) is 6.07 Å². The summed E-state index contributed by atoms with van der Waals surface area (Å²) in [5.74, 6) is -2.64. The van der Waals surface area contributed by atoms with Gasteiger partial charge in [-0.1, -0.05) is 15.9 Å². The molecule has 1 rings (SSSR count). The van der Waals surface area contributed by atoms with Crippen molar-refractivity contribution >= 4 is 38.9 Å². The SMILES string of the molecule is O=C(Nc1ccc([NH+]([O-])O)cc1[NH+]([O-])O)C(Br)(C(F)(F)F)C(F)(F)F. The van der Waals surface area contributed by atoms with Crippen LogP contribution in [0.15, 0.2) is 18.2 Å². The highest BCUT2D eigenvalue weighted by Gasteiger charge is 2.74. The largest absolute Gasteiger partial charge is 0.595 e. The van der Waals surface area contributed by atoms with Gasteiger partial charge in [0.15, 0.2) is 11.4 Å². The van der Waals surface area contributed by atoms with Gasteiger partial charge in [0, 0.05) is 6.07 Å². The van der Waals surface area contributed by atoms with Crippen LogP contribution in [0.3, 0.4) is 0 Å². The lowest BCUT2D eigenvalue weighted by molar-refractivity contribution is -0.996. The Morgan fingerprint density at radius 1 is 1.04 bits per heavy atom. The zero-order valence-corrected chi connectivity index (χ0v) is 13.1. The van der Waals surface area contributed by atoms with Crippen molar-refractivity contribution < 1.29 is 52.0 Å². The van der Waals surface area contributed by atoms with Crippen LogP contribution < -0.4 is 15.8 Å². The van der Waals surface area contributed by atoms with E-state index in [0.29, 0.717) is 18.2 Å². The average molecular weight is 444 g/mol. The van der Waals surface area contributed by atoms with Gasteiger partial charge in [-0.05, 0) is 6.07 Å². The highest BCUT2D eigenvalue weighted by molar-refractivity contribution is 9.10. The molecule has 25 heavy (non-hydrogen) atoms. The molecule has 0 aliphatic heterocycles. The second-order valence-corrected chi connectivity index (χ2v) is 5.67. The van der Waals surface area contributed by atoms with E-state index in [0.717, 1.165) is 0 Å². The molecule has 142 valence electrons. The quantitative estimate of drug-likeness (QED) is 0.266. The monoisotopic (exact) mass is 443 g/mol. The number of hydrogen-bond acceptors (Lipinski definition) is 5. The maximum atomic E-state index is 12.8. The Balaban J connectivity index is 3.35. The van der Waals surface area contributed by atoms with Crippen LogP contribution in [0.1, 0.15) is 0 Å². The minimum absolute atomic E-state index is 0.470. The van der Waals surface area contributed by atoms with E-state index in [4.69, 9.17) is 10.4 Å². The fourth-order valence-corrected chi connectivity index (χ4v) is 1.69. The van der Waals surface area contributed by atoms with Gasteiger partial charge in [-0.15, -0.1) is 0 Å². The van der Waals surface area contributed by atoms with Crippen molar-refractivity contribution in [3.05, 3.63) is 28.6 Å². The first-order valence-electron chi connectivity index (χ1n) is 5.87. The van der Waals surface area contributed by atoms with Crippen LogP contribution in [-0.4, -0.2) is 33.0 Å².